The number of nitro groups is 1. The Morgan fingerprint density at radius 2 is 2.00 bits per heavy atom. The minimum absolute atomic E-state index is 0.0330. The number of nitrogens with zero attached hydrogens (tertiary/aromatic N) is 4. The van der Waals surface area contributed by atoms with Crippen LogP contribution < -0.4 is 10.4 Å². The Labute approximate surface area is 124 Å². The lowest BCUT2D eigenvalue weighted by molar-refractivity contribution is -0.384. The normalized spacial score (nSPS) is 13.2. The molecule has 0 radical (unpaired) electrons. The quantitative estimate of drug-likeness (QED) is 0.389. The molecule has 0 amide bonds. The minimum atomic E-state index is -1.10. The molecule has 2 heterocycles. The maximum Gasteiger partial charge on any atom is 0.474 e. The number of non-ortho nitro benzene ring substituents is 1. The molecule has 0 atom stereocenters. The summed E-state index contributed by atoms with van der Waals surface area (Å²) in [5.41, 5.74) is 1.61. The fourth-order valence-corrected chi connectivity index (χ4v) is 2.34. The molecular formula is C12H8BClN4O3. The second-order valence-corrected chi connectivity index (χ2v) is 4.70. The third-order valence-corrected chi connectivity index (χ3v) is 3.41. The highest BCUT2D eigenvalue weighted by atomic mass is 35.5. The summed E-state index contributed by atoms with van der Waals surface area (Å²) in [7, 11) is -1.10. The number of aromatic nitrogens is 1. The SMILES string of the molecule is O=[N+]([O-])c1ccc(N2N=Cc3ccnc(Cl)c3B2O)cc1. The Kier molecular flexibility index (Phi) is 3.32. The van der Waals surface area contributed by atoms with E-state index >= 15 is 0 Å². The van der Waals surface area contributed by atoms with Gasteiger partial charge in [0, 0.05) is 29.5 Å². The largest absolute Gasteiger partial charge is 0.474 e. The fraction of sp³-hybridized carbons (Fsp3) is 0. The van der Waals surface area contributed by atoms with Crippen molar-refractivity contribution in [2.75, 3.05) is 4.92 Å². The van der Waals surface area contributed by atoms with Crippen LogP contribution in [0.4, 0.5) is 11.4 Å². The van der Waals surface area contributed by atoms with E-state index in [4.69, 9.17) is 11.6 Å². The van der Waals surface area contributed by atoms with Gasteiger partial charge in [-0.2, -0.15) is 5.10 Å². The Balaban J connectivity index is 1.98. The Bertz CT molecular complexity index is 738. The summed E-state index contributed by atoms with van der Waals surface area (Å²) in [6.45, 7) is 0. The first-order valence-corrected chi connectivity index (χ1v) is 6.36. The van der Waals surface area contributed by atoms with E-state index in [-0.39, 0.29) is 10.8 Å². The molecule has 0 bridgehead atoms. The van der Waals surface area contributed by atoms with Crippen molar-refractivity contribution in [3.05, 3.63) is 57.4 Å². The van der Waals surface area contributed by atoms with Gasteiger partial charge in [0.05, 0.1) is 11.1 Å². The maximum atomic E-state index is 10.6. The van der Waals surface area contributed by atoms with E-state index in [1.807, 2.05) is 0 Å². The number of fused-ring (bicyclic) bond motifs is 1. The monoisotopic (exact) mass is 302 g/mol. The minimum Gasteiger partial charge on any atom is -0.427 e. The van der Waals surface area contributed by atoms with Gasteiger partial charge < -0.3 is 5.02 Å². The standard InChI is InChI=1S/C12H8BClN4O3/c14-12-11-8(5-6-15-12)7-16-17(13(11)19)9-1-3-10(4-2-9)18(20)21/h1-7,19H. The van der Waals surface area contributed by atoms with Gasteiger partial charge >= 0.3 is 7.05 Å². The lowest BCUT2D eigenvalue weighted by Gasteiger charge is -2.26. The zero-order valence-electron chi connectivity index (χ0n) is 10.5. The van der Waals surface area contributed by atoms with Gasteiger partial charge in [0.1, 0.15) is 5.15 Å². The van der Waals surface area contributed by atoms with E-state index in [9.17, 15) is 15.1 Å². The Morgan fingerprint density at radius 3 is 2.67 bits per heavy atom. The molecule has 2 aromatic rings. The zero-order valence-corrected chi connectivity index (χ0v) is 11.3. The fourth-order valence-electron chi connectivity index (χ4n) is 2.07. The molecule has 7 nitrogen and oxygen atoms in total. The van der Waals surface area contributed by atoms with Crippen molar-refractivity contribution in [1.82, 2.24) is 4.98 Å². The van der Waals surface area contributed by atoms with E-state index in [2.05, 4.69) is 10.1 Å². The second-order valence-electron chi connectivity index (χ2n) is 4.34. The van der Waals surface area contributed by atoms with Crippen molar-refractivity contribution in [1.29, 1.82) is 0 Å². The molecule has 1 aliphatic rings. The summed E-state index contributed by atoms with van der Waals surface area (Å²) in [5, 5.41) is 25.4. The maximum absolute atomic E-state index is 10.6. The van der Waals surface area contributed by atoms with E-state index in [1.54, 1.807) is 12.3 Å². The van der Waals surface area contributed by atoms with Gasteiger partial charge in [-0.1, -0.05) is 11.6 Å². The molecule has 1 aromatic carbocycles. The van der Waals surface area contributed by atoms with Crippen molar-refractivity contribution in [3.8, 4) is 0 Å². The number of halogens is 1. The molecule has 21 heavy (non-hydrogen) atoms. The topological polar surface area (TPSA) is 91.9 Å². The van der Waals surface area contributed by atoms with Gasteiger partial charge in [0.15, 0.2) is 0 Å². The number of benzene rings is 1. The lowest BCUT2D eigenvalue weighted by atomic mass is 9.70. The van der Waals surface area contributed by atoms with Gasteiger partial charge in [-0.05, 0) is 23.8 Å². The molecule has 0 unspecified atom stereocenters. The molecule has 0 aliphatic carbocycles. The van der Waals surface area contributed by atoms with Crippen LogP contribution in [-0.2, 0) is 0 Å². The Hall–Kier alpha value is -2.45. The van der Waals surface area contributed by atoms with Crippen LogP contribution in [0.15, 0.2) is 41.6 Å². The van der Waals surface area contributed by atoms with Crippen molar-refractivity contribution in [3.63, 3.8) is 0 Å². The summed E-state index contributed by atoms with van der Waals surface area (Å²) >= 11 is 6.01. The van der Waals surface area contributed by atoms with E-state index in [1.165, 1.54) is 35.4 Å². The van der Waals surface area contributed by atoms with Gasteiger partial charge in [-0.25, -0.2) is 4.98 Å². The van der Waals surface area contributed by atoms with Crippen molar-refractivity contribution >= 4 is 41.7 Å². The number of hydrogen-bond donors (Lipinski definition) is 1. The van der Waals surface area contributed by atoms with Crippen LogP contribution in [0.3, 0.4) is 0 Å². The first kappa shape index (κ1) is 13.5. The highest BCUT2D eigenvalue weighted by Gasteiger charge is 2.33. The molecule has 1 aromatic heterocycles. The molecule has 0 saturated carbocycles. The average Bonchev–Trinajstić information content (AvgIpc) is 2.48. The molecule has 3 rings (SSSR count). The predicted molar refractivity (Wildman–Crippen MR) is 80.0 cm³/mol. The van der Waals surface area contributed by atoms with Crippen LogP contribution in [-0.4, -0.2) is 28.2 Å². The number of nitro benzene ring substituents is 1. The molecule has 9 heteroatoms. The third-order valence-electron chi connectivity index (χ3n) is 3.11. The number of hydrazone groups is 1. The van der Waals surface area contributed by atoms with Gasteiger partial charge in [0.2, 0.25) is 0 Å². The summed E-state index contributed by atoms with van der Waals surface area (Å²) in [6.07, 6.45) is 3.08. The van der Waals surface area contributed by atoms with Gasteiger partial charge in [-0.3, -0.25) is 15.0 Å². The molecule has 0 spiro atoms. The van der Waals surface area contributed by atoms with Crippen LogP contribution in [0.5, 0.6) is 0 Å². The Morgan fingerprint density at radius 1 is 1.29 bits per heavy atom. The number of anilines is 1. The summed E-state index contributed by atoms with van der Waals surface area (Å²) < 4.78 is 0. The third kappa shape index (κ3) is 2.35. The van der Waals surface area contributed by atoms with Crippen LogP contribution in [0.1, 0.15) is 5.56 Å². The first-order valence-electron chi connectivity index (χ1n) is 5.98. The highest BCUT2D eigenvalue weighted by Crippen LogP contribution is 2.22. The van der Waals surface area contributed by atoms with E-state index < -0.39 is 12.0 Å². The summed E-state index contributed by atoms with van der Waals surface area (Å²) in [6, 6.07) is 7.40. The van der Waals surface area contributed by atoms with Crippen molar-refractivity contribution in [2.45, 2.75) is 0 Å². The van der Waals surface area contributed by atoms with Crippen molar-refractivity contribution in [2.24, 2.45) is 5.10 Å². The molecule has 1 aliphatic heterocycles. The summed E-state index contributed by atoms with van der Waals surface area (Å²) in [5.74, 6) is 0. The summed E-state index contributed by atoms with van der Waals surface area (Å²) in [4.78, 5) is 15.4. The second kappa shape index (κ2) is 5.15. The number of hydrogen-bond acceptors (Lipinski definition) is 6. The van der Waals surface area contributed by atoms with E-state index in [0.717, 1.165) is 0 Å². The van der Waals surface area contributed by atoms with Crippen LogP contribution >= 0.6 is 11.6 Å². The van der Waals surface area contributed by atoms with Crippen molar-refractivity contribution < 1.29 is 9.95 Å². The highest BCUT2D eigenvalue weighted by molar-refractivity contribution is 6.74. The molecule has 104 valence electrons. The molecule has 0 fully saturated rings. The predicted octanol–water partition coefficient (Wildman–Crippen LogP) is 1.18. The van der Waals surface area contributed by atoms with E-state index in [0.29, 0.717) is 16.7 Å². The van der Waals surface area contributed by atoms with Crippen LogP contribution in [0.2, 0.25) is 5.15 Å². The molecule has 1 N–H and O–H groups in total. The van der Waals surface area contributed by atoms with Gasteiger partial charge in [0.25, 0.3) is 5.69 Å². The number of rotatable bonds is 2. The van der Waals surface area contributed by atoms with Crippen LogP contribution in [0.25, 0.3) is 0 Å². The first-order chi connectivity index (χ1) is 10.1. The molecule has 0 saturated heterocycles. The van der Waals surface area contributed by atoms with Gasteiger partial charge in [-0.15, -0.1) is 0 Å². The average molecular weight is 302 g/mol. The number of pyridine rings is 1. The molecular weight excluding hydrogens is 294 g/mol. The van der Waals surface area contributed by atoms with Crippen LogP contribution in [0, 0.1) is 10.1 Å². The zero-order chi connectivity index (χ0) is 15.0. The lowest BCUT2D eigenvalue weighted by Crippen LogP contribution is -2.50. The smallest absolute Gasteiger partial charge is 0.427 e.